The molecular weight excluding hydrogens is 316 g/mol. The van der Waals surface area contributed by atoms with Crippen molar-refractivity contribution in [3.63, 3.8) is 0 Å². The molecule has 1 fully saturated rings. The van der Waals surface area contributed by atoms with Crippen LogP contribution in [-0.4, -0.2) is 36.7 Å². The molecule has 1 aliphatic carbocycles. The first-order chi connectivity index (χ1) is 8.22. The Kier molecular flexibility index (Phi) is 5.65. The number of halogens is 1. The fraction of sp³-hybridized carbons (Fsp3) is 1.00. The zero-order valence-corrected chi connectivity index (χ0v) is 14.1. The molecule has 0 spiro atoms. The van der Waals surface area contributed by atoms with Crippen molar-refractivity contribution in [3.05, 3.63) is 0 Å². The average Bonchev–Trinajstić information content (AvgIpc) is 2.31. The van der Waals surface area contributed by atoms with E-state index >= 15 is 0 Å². The van der Waals surface area contributed by atoms with Gasteiger partial charge >= 0.3 is 0 Å². The molecule has 0 aliphatic heterocycles. The summed E-state index contributed by atoms with van der Waals surface area (Å²) in [5.74, 6) is 0.699. The fourth-order valence-corrected chi connectivity index (χ4v) is 4.61. The maximum Gasteiger partial charge on any atom is 0.279 e. The summed E-state index contributed by atoms with van der Waals surface area (Å²) in [5.41, 5.74) is -0.311. The van der Waals surface area contributed by atoms with Crippen molar-refractivity contribution in [2.75, 3.05) is 12.4 Å². The molecule has 108 valence electrons. The number of hydrogen-bond acceptors (Lipinski definition) is 2. The molecular formula is C12H25BrN2O2S. The predicted octanol–water partition coefficient (Wildman–Crippen LogP) is 2.50. The van der Waals surface area contributed by atoms with Crippen LogP contribution >= 0.6 is 15.9 Å². The SMILES string of the molecule is CC1CCC(CBr)(NS(=O)(=O)N(C)C(C)C)CC1. The maximum atomic E-state index is 12.3. The number of hydrogen-bond donors (Lipinski definition) is 1. The number of rotatable bonds is 5. The van der Waals surface area contributed by atoms with E-state index in [-0.39, 0.29) is 11.6 Å². The van der Waals surface area contributed by atoms with E-state index in [2.05, 4.69) is 27.6 Å². The Morgan fingerprint density at radius 3 is 2.28 bits per heavy atom. The van der Waals surface area contributed by atoms with Crippen LogP contribution in [0.5, 0.6) is 0 Å². The van der Waals surface area contributed by atoms with Crippen LogP contribution in [0.2, 0.25) is 0 Å². The molecule has 0 amide bonds. The Hall–Kier alpha value is 0.350. The maximum absolute atomic E-state index is 12.3. The Morgan fingerprint density at radius 1 is 1.39 bits per heavy atom. The standard InChI is InChI=1S/C12H25BrN2O2S/c1-10(2)15(4)18(16,17)14-12(9-13)7-5-11(3)6-8-12/h10-11,14H,5-9H2,1-4H3. The van der Waals surface area contributed by atoms with E-state index in [9.17, 15) is 8.42 Å². The summed E-state index contributed by atoms with van der Waals surface area (Å²) in [6, 6.07) is -0.0302. The molecule has 0 aromatic heterocycles. The molecule has 18 heavy (non-hydrogen) atoms. The summed E-state index contributed by atoms with van der Waals surface area (Å²) in [6.45, 7) is 5.98. The van der Waals surface area contributed by atoms with Gasteiger partial charge in [-0.3, -0.25) is 0 Å². The smallest absolute Gasteiger partial charge is 0.195 e. The van der Waals surface area contributed by atoms with Gasteiger partial charge in [-0.05, 0) is 45.4 Å². The lowest BCUT2D eigenvalue weighted by atomic mass is 9.79. The Bertz CT molecular complexity index is 362. The lowest BCUT2D eigenvalue weighted by Crippen LogP contribution is -2.56. The van der Waals surface area contributed by atoms with Gasteiger partial charge in [0, 0.05) is 24.0 Å². The van der Waals surface area contributed by atoms with Crippen molar-refractivity contribution in [1.82, 2.24) is 9.03 Å². The van der Waals surface area contributed by atoms with E-state index in [0.29, 0.717) is 11.2 Å². The molecule has 4 nitrogen and oxygen atoms in total. The lowest BCUT2D eigenvalue weighted by molar-refractivity contribution is 0.244. The third-order valence-electron chi connectivity index (χ3n) is 3.94. The summed E-state index contributed by atoms with van der Waals surface area (Å²) >= 11 is 3.48. The predicted molar refractivity (Wildman–Crippen MR) is 79.1 cm³/mol. The Morgan fingerprint density at radius 2 is 1.89 bits per heavy atom. The van der Waals surface area contributed by atoms with E-state index in [1.165, 1.54) is 4.31 Å². The van der Waals surface area contributed by atoms with Gasteiger partial charge in [0.25, 0.3) is 10.2 Å². The minimum atomic E-state index is -3.39. The lowest BCUT2D eigenvalue weighted by Gasteiger charge is -2.39. The van der Waals surface area contributed by atoms with Gasteiger partial charge in [0.1, 0.15) is 0 Å². The van der Waals surface area contributed by atoms with E-state index in [1.54, 1.807) is 7.05 Å². The first-order valence-corrected chi connectivity index (χ1v) is 9.11. The minimum absolute atomic E-state index is 0.0302. The molecule has 1 N–H and O–H groups in total. The monoisotopic (exact) mass is 340 g/mol. The highest BCUT2D eigenvalue weighted by atomic mass is 79.9. The molecule has 1 aliphatic rings. The van der Waals surface area contributed by atoms with Crippen LogP contribution in [0.3, 0.4) is 0 Å². The van der Waals surface area contributed by atoms with E-state index in [0.717, 1.165) is 25.7 Å². The first kappa shape index (κ1) is 16.4. The minimum Gasteiger partial charge on any atom is -0.195 e. The van der Waals surface area contributed by atoms with E-state index in [1.807, 2.05) is 13.8 Å². The van der Waals surface area contributed by atoms with Crippen molar-refractivity contribution in [3.8, 4) is 0 Å². The molecule has 0 bridgehead atoms. The molecule has 0 unspecified atom stereocenters. The summed E-state index contributed by atoms with van der Waals surface area (Å²) in [7, 11) is -1.77. The van der Waals surface area contributed by atoms with Gasteiger partial charge in [-0.2, -0.15) is 17.4 Å². The highest BCUT2D eigenvalue weighted by Crippen LogP contribution is 2.34. The van der Waals surface area contributed by atoms with Crippen LogP contribution in [0.25, 0.3) is 0 Å². The molecule has 1 rings (SSSR count). The summed E-state index contributed by atoms with van der Waals surface area (Å²) in [6.07, 6.45) is 3.98. The van der Waals surface area contributed by atoms with E-state index in [4.69, 9.17) is 0 Å². The van der Waals surface area contributed by atoms with Crippen LogP contribution in [-0.2, 0) is 10.2 Å². The largest absolute Gasteiger partial charge is 0.279 e. The Balaban J connectivity index is 2.80. The van der Waals surface area contributed by atoms with Crippen molar-refractivity contribution < 1.29 is 8.42 Å². The summed E-state index contributed by atoms with van der Waals surface area (Å²) < 4.78 is 28.9. The van der Waals surface area contributed by atoms with Gasteiger partial charge in [-0.15, -0.1) is 0 Å². The van der Waals surface area contributed by atoms with Gasteiger partial charge < -0.3 is 0 Å². The van der Waals surface area contributed by atoms with Crippen molar-refractivity contribution >= 4 is 26.1 Å². The normalized spacial score (nSPS) is 30.1. The number of nitrogens with zero attached hydrogens (tertiary/aromatic N) is 1. The van der Waals surface area contributed by atoms with Crippen molar-refractivity contribution in [1.29, 1.82) is 0 Å². The molecule has 6 heteroatoms. The van der Waals surface area contributed by atoms with Gasteiger partial charge in [-0.1, -0.05) is 22.9 Å². The van der Waals surface area contributed by atoms with Crippen molar-refractivity contribution in [2.24, 2.45) is 5.92 Å². The van der Waals surface area contributed by atoms with Gasteiger partial charge in [0.05, 0.1) is 0 Å². The van der Waals surface area contributed by atoms with Gasteiger partial charge in [0.15, 0.2) is 0 Å². The van der Waals surface area contributed by atoms with Gasteiger partial charge in [-0.25, -0.2) is 0 Å². The molecule has 0 aromatic carbocycles. The highest BCUT2D eigenvalue weighted by Gasteiger charge is 2.38. The van der Waals surface area contributed by atoms with Crippen LogP contribution < -0.4 is 4.72 Å². The van der Waals surface area contributed by atoms with E-state index < -0.39 is 10.2 Å². The van der Waals surface area contributed by atoms with Crippen LogP contribution in [0.1, 0.15) is 46.5 Å². The van der Waals surface area contributed by atoms with Crippen LogP contribution in [0.15, 0.2) is 0 Å². The highest BCUT2D eigenvalue weighted by molar-refractivity contribution is 9.09. The second kappa shape index (κ2) is 6.20. The fourth-order valence-electron chi connectivity index (χ4n) is 2.20. The summed E-state index contributed by atoms with van der Waals surface area (Å²) in [5, 5.41) is 0.678. The second-order valence-corrected chi connectivity index (χ2v) is 8.10. The average molecular weight is 341 g/mol. The van der Waals surface area contributed by atoms with Crippen molar-refractivity contribution in [2.45, 2.75) is 58.0 Å². The molecule has 0 atom stereocenters. The molecule has 1 saturated carbocycles. The van der Waals surface area contributed by atoms with Crippen LogP contribution in [0.4, 0.5) is 0 Å². The third kappa shape index (κ3) is 3.92. The number of alkyl halides is 1. The zero-order valence-electron chi connectivity index (χ0n) is 11.7. The first-order valence-electron chi connectivity index (χ1n) is 6.55. The second-order valence-electron chi connectivity index (χ2n) is 5.81. The third-order valence-corrected chi connectivity index (χ3v) is 6.88. The molecule has 0 saturated heterocycles. The quantitative estimate of drug-likeness (QED) is 0.781. The summed E-state index contributed by atoms with van der Waals surface area (Å²) in [4.78, 5) is 0. The van der Waals surface area contributed by atoms with Gasteiger partial charge in [0.2, 0.25) is 0 Å². The molecule has 0 aromatic rings. The molecule has 0 radical (unpaired) electrons. The van der Waals surface area contributed by atoms with Crippen LogP contribution in [0, 0.1) is 5.92 Å². The molecule has 0 heterocycles. The topological polar surface area (TPSA) is 49.4 Å². The number of nitrogens with one attached hydrogen (secondary N) is 1. The zero-order chi connectivity index (χ0) is 14.0. The Labute approximate surface area is 120 Å².